The number of hydrogen-bond acceptors (Lipinski definition) is 2. The molecule has 0 atom stereocenters. The van der Waals surface area contributed by atoms with Crippen molar-refractivity contribution in [1.29, 1.82) is 0 Å². The predicted octanol–water partition coefficient (Wildman–Crippen LogP) is 3.77. The van der Waals surface area contributed by atoms with Gasteiger partial charge in [-0.3, -0.25) is 4.68 Å². The zero-order valence-corrected chi connectivity index (χ0v) is 14.9. The standard InChI is InChI=1S/C20H24N4/c1-20(2)11-21-16-8-14-13-7-5-6-12-10-23(3)22-18(12)19(13)24(4)17(14)9-15(16)20/h8-10,21H,5-7,11H2,1-4H3. The SMILES string of the molecule is Cn1cc2c(n1)-c1c(c3cc4c(cc3n1C)C(C)(C)CN4)CCC2. The van der Waals surface area contributed by atoms with Gasteiger partial charge < -0.3 is 9.88 Å². The van der Waals surface area contributed by atoms with Crippen LogP contribution in [0.2, 0.25) is 0 Å². The molecule has 0 amide bonds. The first-order chi connectivity index (χ1) is 11.5. The van der Waals surface area contributed by atoms with E-state index in [4.69, 9.17) is 5.10 Å². The van der Waals surface area contributed by atoms with Gasteiger partial charge in [0.25, 0.3) is 0 Å². The van der Waals surface area contributed by atoms with Crippen LogP contribution in [0.5, 0.6) is 0 Å². The fourth-order valence-corrected chi connectivity index (χ4v) is 4.61. The number of hydrogen-bond donors (Lipinski definition) is 1. The van der Waals surface area contributed by atoms with Crippen molar-refractivity contribution < 1.29 is 0 Å². The smallest absolute Gasteiger partial charge is 0.112 e. The van der Waals surface area contributed by atoms with Crippen molar-refractivity contribution in [2.24, 2.45) is 14.1 Å². The molecule has 0 radical (unpaired) electrons. The minimum absolute atomic E-state index is 0.196. The van der Waals surface area contributed by atoms with Crippen molar-refractivity contribution in [3.8, 4) is 11.4 Å². The number of nitrogens with zero attached hydrogens (tertiary/aromatic N) is 3. The molecule has 1 aliphatic carbocycles. The summed E-state index contributed by atoms with van der Waals surface area (Å²) in [7, 11) is 4.23. The maximum absolute atomic E-state index is 4.80. The summed E-state index contributed by atoms with van der Waals surface area (Å²) in [5.74, 6) is 0. The molecule has 4 nitrogen and oxygen atoms in total. The van der Waals surface area contributed by atoms with E-state index in [0.717, 1.165) is 19.4 Å². The van der Waals surface area contributed by atoms with Gasteiger partial charge in [-0.15, -0.1) is 0 Å². The Morgan fingerprint density at radius 2 is 2.00 bits per heavy atom. The number of fused-ring (bicyclic) bond motifs is 6. The first kappa shape index (κ1) is 14.1. The zero-order chi connectivity index (χ0) is 16.6. The van der Waals surface area contributed by atoms with Gasteiger partial charge in [-0.1, -0.05) is 13.8 Å². The molecule has 5 rings (SSSR count). The molecule has 2 aliphatic rings. The molecule has 4 heteroatoms. The second-order valence-electron chi connectivity index (χ2n) is 8.07. The minimum Gasteiger partial charge on any atom is -0.384 e. The van der Waals surface area contributed by atoms with Crippen molar-refractivity contribution in [2.45, 2.75) is 38.5 Å². The van der Waals surface area contributed by atoms with Gasteiger partial charge in [0.15, 0.2) is 0 Å². The number of aromatic nitrogens is 3. The fourth-order valence-electron chi connectivity index (χ4n) is 4.61. The summed E-state index contributed by atoms with van der Waals surface area (Å²) < 4.78 is 4.33. The van der Waals surface area contributed by atoms with Crippen LogP contribution >= 0.6 is 0 Å². The molecule has 3 heterocycles. The van der Waals surface area contributed by atoms with Crippen molar-refractivity contribution in [3.05, 3.63) is 35.0 Å². The van der Waals surface area contributed by atoms with Crippen molar-refractivity contribution >= 4 is 16.6 Å². The number of rotatable bonds is 0. The maximum Gasteiger partial charge on any atom is 0.112 e. The third-order valence-corrected chi connectivity index (χ3v) is 5.90. The number of nitrogens with one attached hydrogen (secondary N) is 1. The summed E-state index contributed by atoms with van der Waals surface area (Å²) in [5, 5.41) is 9.80. The topological polar surface area (TPSA) is 34.8 Å². The second kappa shape index (κ2) is 4.44. The molecule has 0 saturated heterocycles. The molecule has 0 saturated carbocycles. The normalized spacial score (nSPS) is 18.0. The lowest BCUT2D eigenvalue weighted by Gasteiger charge is -2.17. The third kappa shape index (κ3) is 1.71. The number of benzene rings is 1. The summed E-state index contributed by atoms with van der Waals surface area (Å²) in [5.41, 5.74) is 9.64. The molecule has 1 aromatic carbocycles. The van der Waals surface area contributed by atoms with Gasteiger partial charge in [0, 0.05) is 48.8 Å². The molecule has 1 aliphatic heterocycles. The van der Waals surface area contributed by atoms with E-state index in [9.17, 15) is 0 Å². The van der Waals surface area contributed by atoms with Gasteiger partial charge in [-0.2, -0.15) is 5.10 Å². The molecule has 1 N–H and O–H groups in total. The van der Waals surface area contributed by atoms with Crippen molar-refractivity contribution in [3.63, 3.8) is 0 Å². The second-order valence-corrected chi connectivity index (χ2v) is 8.07. The van der Waals surface area contributed by atoms with E-state index < -0.39 is 0 Å². The zero-order valence-electron chi connectivity index (χ0n) is 14.9. The van der Waals surface area contributed by atoms with Crippen LogP contribution in [0.4, 0.5) is 5.69 Å². The first-order valence-electron chi connectivity index (χ1n) is 8.88. The highest BCUT2D eigenvalue weighted by Crippen LogP contribution is 2.43. The van der Waals surface area contributed by atoms with Crippen LogP contribution in [0, 0.1) is 0 Å². The van der Waals surface area contributed by atoms with Crippen LogP contribution in [0.15, 0.2) is 18.3 Å². The van der Waals surface area contributed by atoms with Crippen LogP contribution in [-0.2, 0) is 32.4 Å². The monoisotopic (exact) mass is 320 g/mol. The Morgan fingerprint density at radius 1 is 1.17 bits per heavy atom. The Hall–Kier alpha value is -2.23. The molecule has 0 spiro atoms. The Kier molecular flexibility index (Phi) is 2.61. The van der Waals surface area contributed by atoms with E-state index in [0.29, 0.717) is 0 Å². The first-order valence-corrected chi connectivity index (χ1v) is 8.88. The van der Waals surface area contributed by atoms with Crippen molar-refractivity contribution in [2.75, 3.05) is 11.9 Å². The molecular formula is C20H24N4. The largest absolute Gasteiger partial charge is 0.384 e. The van der Waals surface area contributed by atoms with Gasteiger partial charge in [0.1, 0.15) is 5.69 Å². The summed E-state index contributed by atoms with van der Waals surface area (Å²) in [6.07, 6.45) is 5.64. The quantitative estimate of drug-likeness (QED) is 0.684. The summed E-state index contributed by atoms with van der Waals surface area (Å²) in [6, 6.07) is 4.79. The molecule has 124 valence electrons. The van der Waals surface area contributed by atoms with Gasteiger partial charge in [-0.05, 0) is 48.1 Å². The maximum atomic E-state index is 4.80. The highest BCUT2D eigenvalue weighted by Gasteiger charge is 2.32. The van der Waals surface area contributed by atoms with E-state index in [1.165, 1.54) is 51.1 Å². The Balaban J connectivity index is 1.86. The summed E-state index contributed by atoms with van der Waals surface area (Å²) in [4.78, 5) is 0. The molecule has 0 fully saturated rings. The van der Waals surface area contributed by atoms with Gasteiger partial charge in [0.05, 0.1) is 5.69 Å². The fraction of sp³-hybridized carbons (Fsp3) is 0.450. The van der Waals surface area contributed by atoms with Gasteiger partial charge in [-0.25, -0.2) is 0 Å². The van der Waals surface area contributed by atoms with E-state index >= 15 is 0 Å². The van der Waals surface area contributed by atoms with Crippen LogP contribution in [-0.4, -0.2) is 20.9 Å². The lowest BCUT2D eigenvalue weighted by Crippen LogP contribution is -2.18. The van der Waals surface area contributed by atoms with Gasteiger partial charge >= 0.3 is 0 Å². The van der Waals surface area contributed by atoms with E-state index in [1.54, 1.807) is 0 Å². The highest BCUT2D eigenvalue weighted by atomic mass is 15.3. The van der Waals surface area contributed by atoms with Crippen LogP contribution < -0.4 is 5.32 Å². The summed E-state index contributed by atoms with van der Waals surface area (Å²) in [6.45, 7) is 5.66. The minimum atomic E-state index is 0.196. The van der Waals surface area contributed by atoms with Crippen LogP contribution in [0.1, 0.15) is 37.0 Å². The average Bonchev–Trinajstić information content (AvgIpc) is 3.08. The molecule has 2 aromatic heterocycles. The Labute approximate surface area is 142 Å². The third-order valence-electron chi connectivity index (χ3n) is 5.90. The Bertz CT molecular complexity index is 987. The molecule has 0 bridgehead atoms. The lowest BCUT2D eigenvalue weighted by molar-refractivity contribution is 0.586. The molecular weight excluding hydrogens is 296 g/mol. The molecule has 3 aromatic rings. The van der Waals surface area contributed by atoms with E-state index in [-0.39, 0.29) is 5.41 Å². The van der Waals surface area contributed by atoms with E-state index in [1.807, 2.05) is 11.7 Å². The highest BCUT2D eigenvalue weighted by molar-refractivity contribution is 5.95. The molecule has 24 heavy (non-hydrogen) atoms. The van der Waals surface area contributed by atoms with Gasteiger partial charge in [0.2, 0.25) is 0 Å². The van der Waals surface area contributed by atoms with Crippen molar-refractivity contribution in [1.82, 2.24) is 14.3 Å². The predicted molar refractivity (Wildman–Crippen MR) is 98.7 cm³/mol. The number of anilines is 1. The summed E-state index contributed by atoms with van der Waals surface area (Å²) >= 11 is 0. The molecule has 0 unspecified atom stereocenters. The Morgan fingerprint density at radius 3 is 2.83 bits per heavy atom. The van der Waals surface area contributed by atoms with Crippen LogP contribution in [0.25, 0.3) is 22.3 Å². The number of aryl methyl sites for hydroxylation is 4. The lowest BCUT2D eigenvalue weighted by atomic mass is 9.86. The average molecular weight is 320 g/mol. The van der Waals surface area contributed by atoms with E-state index in [2.05, 4.69) is 49.1 Å². The van der Waals surface area contributed by atoms with Crippen LogP contribution in [0.3, 0.4) is 0 Å².